The summed E-state index contributed by atoms with van der Waals surface area (Å²) in [7, 11) is 0. The summed E-state index contributed by atoms with van der Waals surface area (Å²) in [6.07, 6.45) is 4.99. The quantitative estimate of drug-likeness (QED) is 0.773. The number of carbonyl (C=O) groups excluding carboxylic acids is 2. The zero-order valence-corrected chi connectivity index (χ0v) is 12.1. The zero-order valence-electron chi connectivity index (χ0n) is 12.1. The van der Waals surface area contributed by atoms with Crippen molar-refractivity contribution in [2.45, 2.75) is 33.2 Å². The number of hydrogen-bond donors (Lipinski definition) is 1. The number of carbonyl (C=O) groups is 2. The van der Waals surface area contributed by atoms with Gasteiger partial charge in [-0.25, -0.2) is 0 Å². The summed E-state index contributed by atoms with van der Waals surface area (Å²) in [6, 6.07) is 0. The predicted octanol–water partition coefficient (Wildman–Crippen LogP) is 0.566. The van der Waals surface area contributed by atoms with E-state index in [9.17, 15) is 9.59 Å². The van der Waals surface area contributed by atoms with Crippen LogP contribution in [0.2, 0.25) is 0 Å². The first-order valence-corrected chi connectivity index (χ1v) is 7.14. The van der Waals surface area contributed by atoms with Crippen molar-refractivity contribution in [3.05, 3.63) is 18.0 Å². The van der Waals surface area contributed by atoms with Crippen LogP contribution in [0.4, 0.5) is 0 Å². The molecule has 20 heavy (non-hydrogen) atoms. The molecule has 110 valence electrons. The van der Waals surface area contributed by atoms with Gasteiger partial charge in [-0.15, -0.1) is 0 Å². The summed E-state index contributed by atoms with van der Waals surface area (Å²) < 4.78 is 1.87. The Morgan fingerprint density at radius 2 is 2.35 bits per heavy atom. The van der Waals surface area contributed by atoms with Crippen LogP contribution in [0.1, 0.15) is 25.3 Å². The van der Waals surface area contributed by atoms with Gasteiger partial charge in [-0.2, -0.15) is 5.10 Å². The number of amides is 2. The molecule has 1 aliphatic rings. The van der Waals surface area contributed by atoms with Crippen LogP contribution in [0.15, 0.2) is 12.4 Å². The first-order chi connectivity index (χ1) is 9.60. The molecule has 6 nitrogen and oxygen atoms in total. The van der Waals surface area contributed by atoms with Crippen molar-refractivity contribution in [1.82, 2.24) is 20.0 Å². The van der Waals surface area contributed by atoms with Crippen LogP contribution in [0.25, 0.3) is 0 Å². The minimum absolute atomic E-state index is 0.00838. The van der Waals surface area contributed by atoms with Gasteiger partial charge >= 0.3 is 0 Å². The van der Waals surface area contributed by atoms with E-state index in [1.165, 1.54) is 0 Å². The van der Waals surface area contributed by atoms with E-state index in [1.54, 1.807) is 4.90 Å². The molecule has 0 bridgehead atoms. The van der Waals surface area contributed by atoms with Crippen molar-refractivity contribution in [2.75, 3.05) is 19.6 Å². The van der Waals surface area contributed by atoms with E-state index in [0.717, 1.165) is 18.5 Å². The fourth-order valence-electron chi connectivity index (χ4n) is 2.44. The molecule has 1 N–H and O–H groups in total. The lowest BCUT2D eigenvalue weighted by Gasteiger charge is -2.13. The summed E-state index contributed by atoms with van der Waals surface area (Å²) in [6.45, 7) is 6.58. The highest BCUT2D eigenvalue weighted by molar-refractivity contribution is 5.89. The van der Waals surface area contributed by atoms with Crippen LogP contribution >= 0.6 is 0 Å². The zero-order chi connectivity index (χ0) is 14.5. The standard InChI is InChI=1S/C14H22N4O2/c1-3-17-10-12(7-13(17)19)14(20)15-5-4-6-18-9-11(2)8-16-18/h8-9,12H,3-7,10H2,1-2H3,(H,15,20). The van der Waals surface area contributed by atoms with Crippen molar-refractivity contribution in [1.29, 1.82) is 0 Å². The molecule has 0 saturated carbocycles. The molecule has 0 aliphatic carbocycles. The third kappa shape index (κ3) is 3.59. The van der Waals surface area contributed by atoms with Crippen LogP contribution in [0.5, 0.6) is 0 Å². The lowest BCUT2D eigenvalue weighted by atomic mass is 10.1. The van der Waals surface area contributed by atoms with Crippen LogP contribution in [0, 0.1) is 12.8 Å². The first-order valence-electron chi connectivity index (χ1n) is 7.14. The summed E-state index contributed by atoms with van der Waals surface area (Å²) in [5, 5.41) is 7.10. The molecule has 0 aromatic carbocycles. The Morgan fingerprint density at radius 1 is 1.55 bits per heavy atom. The normalized spacial score (nSPS) is 18.6. The van der Waals surface area contributed by atoms with Gasteiger partial charge in [-0.3, -0.25) is 14.3 Å². The SMILES string of the molecule is CCN1CC(C(=O)NCCCn2cc(C)cn2)CC1=O. The Balaban J connectivity index is 1.67. The van der Waals surface area contributed by atoms with Gasteiger partial charge in [0.25, 0.3) is 0 Å². The number of hydrogen-bond acceptors (Lipinski definition) is 3. The molecule has 0 radical (unpaired) electrons. The topological polar surface area (TPSA) is 67.2 Å². The minimum Gasteiger partial charge on any atom is -0.356 e. The summed E-state index contributed by atoms with van der Waals surface area (Å²) in [4.78, 5) is 25.3. The third-order valence-electron chi connectivity index (χ3n) is 3.59. The van der Waals surface area contributed by atoms with Crippen molar-refractivity contribution >= 4 is 11.8 Å². The maximum atomic E-state index is 12.0. The number of aromatic nitrogens is 2. The second-order valence-electron chi connectivity index (χ2n) is 5.26. The summed E-state index contributed by atoms with van der Waals surface area (Å²) >= 11 is 0. The van der Waals surface area contributed by atoms with E-state index < -0.39 is 0 Å². The first kappa shape index (κ1) is 14.6. The Kier molecular flexibility index (Phi) is 4.76. The lowest BCUT2D eigenvalue weighted by molar-refractivity contribution is -0.128. The smallest absolute Gasteiger partial charge is 0.225 e. The Morgan fingerprint density at radius 3 is 2.95 bits per heavy atom. The average molecular weight is 278 g/mol. The molecule has 0 spiro atoms. The van der Waals surface area contributed by atoms with Gasteiger partial charge in [0.15, 0.2) is 0 Å². The predicted molar refractivity (Wildman–Crippen MR) is 75.0 cm³/mol. The summed E-state index contributed by atoms with van der Waals surface area (Å²) in [5.74, 6) is -0.111. The molecule has 1 aromatic rings. The number of rotatable bonds is 6. The second-order valence-corrected chi connectivity index (χ2v) is 5.26. The van der Waals surface area contributed by atoms with Crippen molar-refractivity contribution in [3.63, 3.8) is 0 Å². The van der Waals surface area contributed by atoms with Crippen molar-refractivity contribution < 1.29 is 9.59 Å². The molecule has 1 saturated heterocycles. The molecule has 2 heterocycles. The van der Waals surface area contributed by atoms with Gasteiger partial charge in [0.1, 0.15) is 0 Å². The van der Waals surface area contributed by atoms with Crippen LogP contribution < -0.4 is 5.32 Å². The van der Waals surface area contributed by atoms with E-state index in [0.29, 0.717) is 26.1 Å². The highest BCUT2D eigenvalue weighted by atomic mass is 16.2. The minimum atomic E-state index is -0.186. The van der Waals surface area contributed by atoms with Gasteiger partial charge < -0.3 is 10.2 Å². The van der Waals surface area contributed by atoms with E-state index in [2.05, 4.69) is 10.4 Å². The largest absolute Gasteiger partial charge is 0.356 e. The molecular weight excluding hydrogens is 256 g/mol. The fraction of sp³-hybridized carbons (Fsp3) is 0.643. The lowest BCUT2D eigenvalue weighted by Crippen LogP contribution is -2.33. The molecule has 1 atom stereocenters. The maximum Gasteiger partial charge on any atom is 0.225 e. The maximum absolute atomic E-state index is 12.0. The van der Waals surface area contributed by atoms with E-state index in [4.69, 9.17) is 0 Å². The van der Waals surface area contributed by atoms with E-state index in [-0.39, 0.29) is 17.7 Å². The van der Waals surface area contributed by atoms with Crippen molar-refractivity contribution in [3.8, 4) is 0 Å². The Bertz CT molecular complexity index is 483. The highest BCUT2D eigenvalue weighted by Crippen LogP contribution is 2.17. The number of nitrogens with one attached hydrogen (secondary N) is 1. The third-order valence-corrected chi connectivity index (χ3v) is 3.59. The second kappa shape index (κ2) is 6.54. The average Bonchev–Trinajstić information content (AvgIpc) is 3.00. The fourth-order valence-corrected chi connectivity index (χ4v) is 2.44. The van der Waals surface area contributed by atoms with E-state index in [1.807, 2.05) is 30.9 Å². The van der Waals surface area contributed by atoms with Crippen LogP contribution in [-0.4, -0.2) is 46.1 Å². The number of likely N-dealkylation sites (tertiary alicyclic amines) is 1. The monoisotopic (exact) mass is 278 g/mol. The molecule has 2 amide bonds. The van der Waals surface area contributed by atoms with Gasteiger partial charge in [0.05, 0.1) is 12.1 Å². The van der Waals surface area contributed by atoms with Gasteiger partial charge in [0, 0.05) is 38.8 Å². The van der Waals surface area contributed by atoms with Crippen molar-refractivity contribution in [2.24, 2.45) is 5.92 Å². The number of nitrogens with zero attached hydrogens (tertiary/aromatic N) is 3. The molecule has 1 aliphatic heterocycles. The molecule has 1 fully saturated rings. The Hall–Kier alpha value is -1.85. The number of aryl methyl sites for hydroxylation is 2. The van der Waals surface area contributed by atoms with Crippen LogP contribution in [-0.2, 0) is 16.1 Å². The Labute approximate surface area is 119 Å². The summed E-state index contributed by atoms with van der Waals surface area (Å²) in [5.41, 5.74) is 1.14. The molecule has 6 heteroatoms. The molecule has 1 aromatic heterocycles. The van der Waals surface area contributed by atoms with E-state index >= 15 is 0 Å². The molecular formula is C14H22N4O2. The van der Waals surface area contributed by atoms with Gasteiger partial charge in [-0.05, 0) is 25.8 Å². The molecule has 2 rings (SSSR count). The molecule has 1 unspecified atom stereocenters. The van der Waals surface area contributed by atoms with Gasteiger partial charge in [-0.1, -0.05) is 0 Å². The highest BCUT2D eigenvalue weighted by Gasteiger charge is 2.32. The van der Waals surface area contributed by atoms with Crippen LogP contribution in [0.3, 0.4) is 0 Å². The van der Waals surface area contributed by atoms with Gasteiger partial charge in [0.2, 0.25) is 11.8 Å².